The van der Waals surface area contributed by atoms with E-state index in [0.29, 0.717) is 12.3 Å². The van der Waals surface area contributed by atoms with Crippen molar-refractivity contribution in [1.29, 1.82) is 0 Å². The minimum Gasteiger partial charge on any atom is -0.463 e. The van der Waals surface area contributed by atoms with E-state index in [2.05, 4.69) is 39.5 Å². The van der Waals surface area contributed by atoms with Crippen LogP contribution in [0.1, 0.15) is 31.7 Å². The van der Waals surface area contributed by atoms with Crippen LogP contribution in [0.2, 0.25) is 0 Å². The van der Waals surface area contributed by atoms with E-state index in [-0.39, 0.29) is 11.8 Å². The lowest BCUT2D eigenvalue weighted by atomic mass is 10.2. The van der Waals surface area contributed by atoms with Crippen LogP contribution in [0.4, 0.5) is 24.7 Å². The largest absolute Gasteiger partial charge is 0.463 e. The molecule has 1 heterocycles. The first-order valence-electron chi connectivity index (χ1n) is 7.89. The average Bonchev–Trinajstić information content (AvgIpc) is 2.58. The van der Waals surface area contributed by atoms with Gasteiger partial charge >= 0.3 is 12.2 Å². The Labute approximate surface area is 158 Å². The highest BCUT2D eigenvalue weighted by molar-refractivity contribution is 14.1. The third-order valence-corrected chi connectivity index (χ3v) is 4.28. The molecule has 0 bridgehead atoms. The Hall–Kier alpha value is -1.58. The molecule has 0 saturated heterocycles. The molecule has 0 fully saturated rings. The van der Waals surface area contributed by atoms with Gasteiger partial charge < -0.3 is 9.64 Å². The van der Waals surface area contributed by atoms with Crippen molar-refractivity contribution < 1.29 is 17.9 Å². The number of hydrogen-bond acceptors (Lipinski definition) is 4. The molecule has 4 nitrogen and oxygen atoms in total. The number of alkyl halides is 3. The number of ether oxygens (including phenoxy) is 1. The predicted molar refractivity (Wildman–Crippen MR) is 99.3 cm³/mol. The van der Waals surface area contributed by atoms with Crippen molar-refractivity contribution in [3.05, 3.63) is 39.6 Å². The average molecular weight is 465 g/mol. The fourth-order valence-corrected chi connectivity index (χ4v) is 2.54. The molecule has 2 rings (SSSR count). The van der Waals surface area contributed by atoms with Crippen molar-refractivity contribution in [3.8, 4) is 6.01 Å². The van der Waals surface area contributed by atoms with Gasteiger partial charge in [0.05, 0.1) is 6.61 Å². The maximum Gasteiger partial charge on any atom is 0.421 e. The number of anilines is 2. The molecular formula is C17H19F3IN3O. The predicted octanol–water partition coefficient (Wildman–Crippen LogP) is 5.44. The van der Waals surface area contributed by atoms with Crippen LogP contribution in [0.15, 0.2) is 30.5 Å². The molecule has 8 heteroatoms. The van der Waals surface area contributed by atoms with Crippen LogP contribution in [0.25, 0.3) is 0 Å². The summed E-state index contributed by atoms with van der Waals surface area (Å²) in [6.45, 7) is 2.44. The maximum atomic E-state index is 13.3. The van der Waals surface area contributed by atoms with Crippen LogP contribution in [-0.4, -0.2) is 23.6 Å². The van der Waals surface area contributed by atoms with E-state index in [4.69, 9.17) is 4.74 Å². The lowest BCUT2D eigenvalue weighted by molar-refractivity contribution is -0.137. The first-order valence-corrected chi connectivity index (χ1v) is 8.97. The maximum absolute atomic E-state index is 13.3. The van der Waals surface area contributed by atoms with E-state index >= 15 is 0 Å². The topological polar surface area (TPSA) is 38.2 Å². The Balaban J connectivity index is 2.32. The molecule has 2 aromatic rings. The Bertz CT molecular complexity index is 693. The van der Waals surface area contributed by atoms with Crippen molar-refractivity contribution in [1.82, 2.24) is 9.97 Å². The Morgan fingerprint density at radius 3 is 2.44 bits per heavy atom. The summed E-state index contributed by atoms with van der Waals surface area (Å²) in [5, 5.41) is 0. The molecule has 0 N–H and O–H groups in total. The molecule has 0 spiro atoms. The Kier molecular flexibility index (Phi) is 6.86. The number of halogens is 4. The quantitative estimate of drug-likeness (QED) is 0.404. The van der Waals surface area contributed by atoms with E-state index in [1.807, 2.05) is 12.1 Å². The van der Waals surface area contributed by atoms with Gasteiger partial charge in [0.15, 0.2) is 5.82 Å². The monoisotopic (exact) mass is 465 g/mol. The zero-order valence-electron chi connectivity index (χ0n) is 14.0. The van der Waals surface area contributed by atoms with E-state index in [1.54, 1.807) is 19.2 Å². The van der Waals surface area contributed by atoms with Crippen molar-refractivity contribution in [2.75, 3.05) is 18.6 Å². The van der Waals surface area contributed by atoms with Crippen LogP contribution in [0, 0.1) is 3.57 Å². The first-order chi connectivity index (χ1) is 11.8. The molecule has 0 atom stereocenters. The molecule has 0 radical (unpaired) electrons. The minimum atomic E-state index is -4.55. The van der Waals surface area contributed by atoms with E-state index in [9.17, 15) is 13.2 Å². The molecule has 25 heavy (non-hydrogen) atoms. The lowest BCUT2D eigenvalue weighted by Gasteiger charge is -2.22. The zero-order valence-corrected chi connectivity index (χ0v) is 16.1. The van der Waals surface area contributed by atoms with Gasteiger partial charge in [-0.05, 0) is 53.3 Å². The summed E-state index contributed by atoms with van der Waals surface area (Å²) in [6.07, 6.45) is -0.953. The van der Waals surface area contributed by atoms with Crippen LogP contribution in [0.3, 0.4) is 0 Å². The van der Waals surface area contributed by atoms with E-state index in [1.165, 1.54) is 4.90 Å². The van der Waals surface area contributed by atoms with Crippen LogP contribution < -0.4 is 9.64 Å². The summed E-state index contributed by atoms with van der Waals surface area (Å²) in [5.41, 5.74) is -0.295. The smallest absolute Gasteiger partial charge is 0.421 e. The van der Waals surface area contributed by atoms with Gasteiger partial charge in [0.1, 0.15) is 5.56 Å². The molecular weight excluding hydrogens is 446 g/mol. The van der Waals surface area contributed by atoms with Crippen molar-refractivity contribution in [2.24, 2.45) is 0 Å². The summed E-state index contributed by atoms with van der Waals surface area (Å²) in [6, 6.07) is 7.08. The van der Waals surface area contributed by atoms with Gasteiger partial charge in [-0.15, -0.1) is 0 Å². The van der Waals surface area contributed by atoms with E-state index in [0.717, 1.165) is 29.0 Å². The molecule has 0 amide bonds. The highest BCUT2D eigenvalue weighted by Crippen LogP contribution is 2.37. The van der Waals surface area contributed by atoms with Gasteiger partial charge in [-0.3, -0.25) is 0 Å². The van der Waals surface area contributed by atoms with Crippen molar-refractivity contribution in [2.45, 2.75) is 32.4 Å². The van der Waals surface area contributed by atoms with Gasteiger partial charge in [-0.2, -0.15) is 18.2 Å². The summed E-state index contributed by atoms with van der Waals surface area (Å²) in [5.74, 6) is -0.228. The fraction of sp³-hybridized carbons (Fsp3) is 0.412. The van der Waals surface area contributed by atoms with Gasteiger partial charge in [0.25, 0.3) is 0 Å². The number of hydrogen-bond donors (Lipinski definition) is 0. The second-order valence-corrected chi connectivity index (χ2v) is 6.72. The molecule has 0 aliphatic rings. The molecule has 0 aliphatic heterocycles. The SMILES string of the molecule is CCCCCOc1ncc(C(F)(F)F)c(N(C)c2ccc(I)cc2)n1. The van der Waals surface area contributed by atoms with Crippen LogP contribution in [-0.2, 0) is 6.18 Å². The Morgan fingerprint density at radius 2 is 1.84 bits per heavy atom. The number of rotatable bonds is 7. The van der Waals surface area contributed by atoms with Crippen LogP contribution in [0.5, 0.6) is 6.01 Å². The summed E-state index contributed by atoms with van der Waals surface area (Å²) in [7, 11) is 1.54. The standard InChI is InChI=1S/C17H19F3IN3O/c1-3-4-5-10-25-16-22-11-14(17(18,19)20)15(23-16)24(2)13-8-6-12(21)7-9-13/h6-9,11H,3-5,10H2,1-2H3. The highest BCUT2D eigenvalue weighted by Gasteiger charge is 2.36. The molecule has 1 aromatic heterocycles. The second-order valence-electron chi connectivity index (χ2n) is 5.48. The lowest BCUT2D eigenvalue weighted by Crippen LogP contribution is -2.19. The van der Waals surface area contributed by atoms with Gasteiger partial charge in [0, 0.05) is 22.5 Å². The Morgan fingerprint density at radius 1 is 1.16 bits per heavy atom. The molecule has 0 saturated carbocycles. The molecule has 0 unspecified atom stereocenters. The number of nitrogens with zero attached hydrogens (tertiary/aromatic N) is 3. The van der Waals surface area contributed by atoms with Crippen molar-refractivity contribution in [3.63, 3.8) is 0 Å². The third kappa shape index (κ3) is 5.45. The second kappa shape index (κ2) is 8.68. The zero-order chi connectivity index (χ0) is 18.4. The van der Waals surface area contributed by atoms with E-state index < -0.39 is 11.7 Å². The summed E-state index contributed by atoms with van der Waals surface area (Å²) < 4.78 is 46.4. The van der Waals surface area contributed by atoms with Gasteiger partial charge in [-0.25, -0.2) is 4.98 Å². The molecule has 136 valence electrons. The molecule has 0 aliphatic carbocycles. The number of aromatic nitrogens is 2. The third-order valence-electron chi connectivity index (χ3n) is 3.56. The summed E-state index contributed by atoms with van der Waals surface area (Å²) in [4.78, 5) is 9.11. The normalized spacial score (nSPS) is 11.4. The first kappa shape index (κ1) is 19.7. The summed E-state index contributed by atoms with van der Waals surface area (Å²) >= 11 is 2.14. The minimum absolute atomic E-state index is 0.0449. The fourth-order valence-electron chi connectivity index (χ4n) is 2.18. The number of unbranched alkanes of at least 4 members (excludes halogenated alkanes) is 2. The highest BCUT2D eigenvalue weighted by atomic mass is 127. The molecule has 1 aromatic carbocycles. The van der Waals surface area contributed by atoms with Crippen molar-refractivity contribution >= 4 is 34.1 Å². The van der Waals surface area contributed by atoms with Gasteiger partial charge in [0.2, 0.25) is 0 Å². The van der Waals surface area contributed by atoms with Gasteiger partial charge in [-0.1, -0.05) is 19.8 Å². The van der Waals surface area contributed by atoms with Crippen LogP contribution >= 0.6 is 22.6 Å². The number of benzene rings is 1.